The number of benzene rings is 1. The molecule has 1 aromatic rings. The van der Waals surface area contributed by atoms with E-state index in [4.69, 9.17) is 0 Å². The van der Waals surface area contributed by atoms with Crippen LogP contribution in [0.5, 0.6) is 0 Å². The molecule has 3 heteroatoms. The number of halogens is 3. The number of hydrogen-bond acceptors (Lipinski definition) is 0. The Bertz CT molecular complexity index is 321. The zero-order valence-electron chi connectivity index (χ0n) is 8.93. The molecule has 0 aromatic heterocycles. The summed E-state index contributed by atoms with van der Waals surface area (Å²) in [5, 5.41) is 0. The Morgan fingerprint density at radius 1 is 1.27 bits per heavy atom. The van der Waals surface area contributed by atoms with Gasteiger partial charge in [0, 0.05) is 4.83 Å². The van der Waals surface area contributed by atoms with Gasteiger partial charge in [0.2, 0.25) is 0 Å². The molecule has 1 atom stereocenters. The molecular weight excluding hydrogens is 323 g/mol. The minimum absolute atomic E-state index is 0.206. The predicted molar refractivity (Wildman–Crippen MR) is 69.8 cm³/mol. The molecule has 0 aliphatic rings. The van der Waals surface area contributed by atoms with Crippen LogP contribution in [0.1, 0.15) is 37.1 Å². The summed E-state index contributed by atoms with van der Waals surface area (Å²) in [6, 6.07) is 5.21. The molecule has 84 valence electrons. The second-order valence-corrected chi connectivity index (χ2v) is 5.49. The minimum Gasteiger partial charge on any atom is -0.206 e. The van der Waals surface area contributed by atoms with Gasteiger partial charge in [0.05, 0.1) is 4.47 Å². The Morgan fingerprint density at radius 2 is 1.87 bits per heavy atom. The van der Waals surface area contributed by atoms with Crippen LogP contribution in [-0.4, -0.2) is 0 Å². The lowest BCUT2D eigenvalue weighted by Crippen LogP contribution is -2.05. The SMILES string of the molecule is CCC(CC)C(Br)c1ccc(F)c(Br)c1. The summed E-state index contributed by atoms with van der Waals surface area (Å²) in [7, 11) is 0. The third kappa shape index (κ3) is 3.28. The average Bonchev–Trinajstić information content (AvgIpc) is 2.23. The van der Waals surface area contributed by atoms with Crippen molar-refractivity contribution in [3.63, 3.8) is 0 Å². The third-order valence-corrected chi connectivity index (χ3v) is 4.61. The minimum atomic E-state index is -0.206. The van der Waals surface area contributed by atoms with E-state index in [1.807, 2.05) is 12.1 Å². The van der Waals surface area contributed by atoms with Crippen LogP contribution in [-0.2, 0) is 0 Å². The first-order valence-corrected chi connectivity index (χ1v) is 6.90. The second-order valence-electron chi connectivity index (χ2n) is 3.65. The Hall–Kier alpha value is 0.110. The van der Waals surface area contributed by atoms with Crippen molar-refractivity contribution in [3.8, 4) is 0 Å². The van der Waals surface area contributed by atoms with Gasteiger partial charge in [-0.3, -0.25) is 0 Å². The van der Waals surface area contributed by atoms with E-state index in [1.165, 1.54) is 6.07 Å². The first-order chi connectivity index (χ1) is 7.10. The highest BCUT2D eigenvalue weighted by molar-refractivity contribution is 9.10. The van der Waals surface area contributed by atoms with Crippen LogP contribution in [0.15, 0.2) is 22.7 Å². The van der Waals surface area contributed by atoms with Crippen molar-refractivity contribution >= 4 is 31.9 Å². The van der Waals surface area contributed by atoms with E-state index in [0.717, 1.165) is 18.4 Å². The maximum Gasteiger partial charge on any atom is 0.137 e. The quantitative estimate of drug-likeness (QED) is 0.640. The molecule has 0 nitrogen and oxygen atoms in total. The van der Waals surface area contributed by atoms with Crippen molar-refractivity contribution in [2.45, 2.75) is 31.5 Å². The first-order valence-electron chi connectivity index (χ1n) is 5.19. The largest absolute Gasteiger partial charge is 0.206 e. The smallest absolute Gasteiger partial charge is 0.137 e. The molecule has 1 unspecified atom stereocenters. The van der Waals surface area contributed by atoms with Crippen molar-refractivity contribution in [2.24, 2.45) is 5.92 Å². The molecule has 0 saturated carbocycles. The highest BCUT2D eigenvalue weighted by Gasteiger charge is 2.17. The van der Waals surface area contributed by atoms with E-state index in [1.54, 1.807) is 0 Å². The van der Waals surface area contributed by atoms with Gasteiger partial charge in [-0.1, -0.05) is 48.7 Å². The van der Waals surface area contributed by atoms with Gasteiger partial charge < -0.3 is 0 Å². The van der Waals surface area contributed by atoms with Gasteiger partial charge in [-0.15, -0.1) is 0 Å². The van der Waals surface area contributed by atoms with Gasteiger partial charge in [0.1, 0.15) is 5.82 Å². The summed E-state index contributed by atoms with van der Waals surface area (Å²) in [6.07, 6.45) is 2.25. The van der Waals surface area contributed by atoms with Crippen LogP contribution >= 0.6 is 31.9 Å². The Balaban J connectivity index is 2.90. The molecule has 1 rings (SSSR count). The van der Waals surface area contributed by atoms with E-state index in [-0.39, 0.29) is 5.82 Å². The standard InChI is InChI=1S/C12H15Br2F/c1-3-8(4-2)12(14)9-5-6-11(15)10(13)7-9/h5-8,12H,3-4H2,1-2H3. The van der Waals surface area contributed by atoms with Gasteiger partial charge in [0.15, 0.2) is 0 Å². The number of alkyl halides is 1. The summed E-state index contributed by atoms with van der Waals surface area (Å²) in [5.74, 6) is 0.394. The van der Waals surface area contributed by atoms with E-state index >= 15 is 0 Å². The van der Waals surface area contributed by atoms with Crippen LogP contribution in [0.3, 0.4) is 0 Å². The molecule has 0 aliphatic heterocycles. The Labute approximate surface area is 108 Å². The van der Waals surface area contributed by atoms with Gasteiger partial charge >= 0.3 is 0 Å². The molecule has 0 amide bonds. The molecule has 0 bridgehead atoms. The highest BCUT2D eigenvalue weighted by atomic mass is 79.9. The van der Waals surface area contributed by atoms with E-state index in [9.17, 15) is 4.39 Å². The summed E-state index contributed by atoms with van der Waals surface area (Å²) in [5.41, 5.74) is 1.14. The lowest BCUT2D eigenvalue weighted by molar-refractivity contribution is 0.486. The molecule has 0 N–H and O–H groups in total. The van der Waals surface area contributed by atoms with Crippen molar-refractivity contribution < 1.29 is 4.39 Å². The Kier molecular flexibility index (Phi) is 5.27. The fourth-order valence-electron chi connectivity index (χ4n) is 1.66. The zero-order chi connectivity index (χ0) is 11.4. The van der Waals surface area contributed by atoms with Crippen LogP contribution in [0, 0.1) is 11.7 Å². The van der Waals surface area contributed by atoms with E-state index in [2.05, 4.69) is 45.7 Å². The van der Waals surface area contributed by atoms with Crippen LogP contribution in [0.4, 0.5) is 4.39 Å². The van der Waals surface area contributed by atoms with Crippen LogP contribution < -0.4 is 0 Å². The summed E-state index contributed by atoms with van der Waals surface area (Å²) < 4.78 is 13.6. The van der Waals surface area contributed by atoms with Gasteiger partial charge in [-0.05, 0) is 39.5 Å². The van der Waals surface area contributed by atoms with Crippen molar-refractivity contribution in [2.75, 3.05) is 0 Å². The molecule has 0 heterocycles. The summed E-state index contributed by atoms with van der Waals surface area (Å²) >= 11 is 6.90. The molecular formula is C12H15Br2F. The zero-order valence-corrected chi connectivity index (χ0v) is 12.1. The second kappa shape index (κ2) is 6.00. The molecule has 15 heavy (non-hydrogen) atoms. The molecule has 0 aliphatic carbocycles. The van der Waals surface area contributed by atoms with E-state index < -0.39 is 0 Å². The van der Waals surface area contributed by atoms with E-state index in [0.29, 0.717) is 15.2 Å². The van der Waals surface area contributed by atoms with Gasteiger partial charge in [0.25, 0.3) is 0 Å². The molecule has 1 aromatic carbocycles. The fraction of sp³-hybridized carbons (Fsp3) is 0.500. The monoisotopic (exact) mass is 336 g/mol. The molecule has 0 spiro atoms. The lowest BCUT2D eigenvalue weighted by atomic mass is 9.94. The Morgan fingerprint density at radius 3 is 2.33 bits per heavy atom. The lowest BCUT2D eigenvalue weighted by Gasteiger charge is -2.20. The van der Waals surface area contributed by atoms with Gasteiger partial charge in [-0.2, -0.15) is 0 Å². The summed E-state index contributed by atoms with van der Waals surface area (Å²) in [6.45, 7) is 4.36. The highest BCUT2D eigenvalue weighted by Crippen LogP contribution is 2.36. The van der Waals surface area contributed by atoms with Crippen LogP contribution in [0.2, 0.25) is 0 Å². The molecule has 0 saturated heterocycles. The molecule has 0 fully saturated rings. The summed E-state index contributed by atoms with van der Waals surface area (Å²) in [4.78, 5) is 0.310. The van der Waals surface area contributed by atoms with Crippen molar-refractivity contribution in [1.29, 1.82) is 0 Å². The predicted octanol–water partition coefficient (Wildman–Crippen LogP) is 5.46. The van der Waals surface area contributed by atoms with Gasteiger partial charge in [-0.25, -0.2) is 4.39 Å². The number of hydrogen-bond donors (Lipinski definition) is 0. The third-order valence-electron chi connectivity index (χ3n) is 2.72. The topological polar surface area (TPSA) is 0 Å². The molecule has 0 radical (unpaired) electrons. The maximum atomic E-state index is 13.1. The fourth-order valence-corrected chi connectivity index (χ4v) is 3.09. The first kappa shape index (κ1) is 13.2. The normalized spacial score (nSPS) is 13.2. The average molecular weight is 338 g/mol. The maximum absolute atomic E-state index is 13.1. The van der Waals surface area contributed by atoms with Crippen molar-refractivity contribution in [3.05, 3.63) is 34.1 Å². The number of rotatable bonds is 4. The van der Waals surface area contributed by atoms with Crippen molar-refractivity contribution in [1.82, 2.24) is 0 Å². The van der Waals surface area contributed by atoms with Crippen LogP contribution in [0.25, 0.3) is 0 Å².